The highest BCUT2D eigenvalue weighted by Gasteiger charge is 2.22. The zero-order valence-corrected chi connectivity index (χ0v) is 14.7. The van der Waals surface area contributed by atoms with Gasteiger partial charge in [-0.1, -0.05) is 24.3 Å². The van der Waals surface area contributed by atoms with Crippen LogP contribution in [0.15, 0.2) is 24.3 Å². The molecule has 6 heteroatoms. The van der Waals surface area contributed by atoms with Crippen LogP contribution in [0.25, 0.3) is 0 Å². The Labute approximate surface area is 149 Å². The quantitative estimate of drug-likeness (QED) is 0.851. The van der Waals surface area contributed by atoms with Crippen molar-refractivity contribution >= 4 is 24.2 Å². The van der Waals surface area contributed by atoms with Crippen LogP contribution in [0.3, 0.4) is 0 Å². The van der Waals surface area contributed by atoms with Crippen molar-refractivity contribution in [2.24, 2.45) is 5.92 Å². The standard InChI is InChI=1S/C18H25N3O2.ClH/c22-17-8-4-10-21(17)13-16-6-2-1-5-14(16)12-20-18(23)15-7-3-9-19-11-15;/h1-2,5-6,15,19H,3-4,7-13H2,(H,20,23);1H. The summed E-state index contributed by atoms with van der Waals surface area (Å²) >= 11 is 0. The van der Waals surface area contributed by atoms with Gasteiger partial charge in [-0.05, 0) is 36.9 Å². The molecule has 1 aromatic carbocycles. The minimum atomic E-state index is 0. The van der Waals surface area contributed by atoms with Crippen molar-refractivity contribution in [3.63, 3.8) is 0 Å². The van der Waals surface area contributed by atoms with E-state index in [1.54, 1.807) is 0 Å². The fourth-order valence-corrected chi connectivity index (χ4v) is 3.36. The average Bonchev–Trinajstić information content (AvgIpc) is 2.99. The predicted octanol–water partition coefficient (Wildman–Crippen LogP) is 1.85. The fraction of sp³-hybridized carbons (Fsp3) is 0.556. The van der Waals surface area contributed by atoms with Crippen molar-refractivity contribution in [1.29, 1.82) is 0 Å². The van der Waals surface area contributed by atoms with Crippen molar-refractivity contribution in [3.8, 4) is 0 Å². The maximum atomic E-state index is 12.3. The number of piperidine rings is 1. The van der Waals surface area contributed by atoms with Gasteiger partial charge in [-0.15, -0.1) is 12.4 Å². The Kier molecular flexibility index (Phi) is 7.06. The van der Waals surface area contributed by atoms with Gasteiger partial charge in [0, 0.05) is 32.6 Å². The molecule has 5 nitrogen and oxygen atoms in total. The van der Waals surface area contributed by atoms with Gasteiger partial charge in [-0.3, -0.25) is 9.59 Å². The second-order valence-corrected chi connectivity index (χ2v) is 6.45. The molecule has 2 saturated heterocycles. The van der Waals surface area contributed by atoms with E-state index in [9.17, 15) is 9.59 Å². The molecule has 1 unspecified atom stereocenters. The number of rotatable bonds is 5. The Balaban J connectivity index is 0.00000208. The van der Waals surface area contributed by atoms with Gasteiger partial charge in [0.25, 0.3) is 0 Å². The van der Waals surface area contributed by atoms with Gasteiger partial charge in [0.1, 0.15) is 0 Å². The van der Waals surface area contributed by atoms with Gasteiger partial charge in [0.05, 0.1) is 5.92 Å². The lowest BCUT2D eigenvalue weighted by molar-refractivity contribution is -0.128. The van der Waals surface area contributed by atoms with E-state index in [-0.39, 0.29) is 30.1 Å². The Morgan fingerprint density at radius 1 is 1.25 bits per heavy atom. The number of amides is 2. The second-order valence-electron chi connectivity index (χ2n) is 6.45. The number of nitrogens with one attached hydrogen (secondary N) is 2. The van der Waals surface area contributed by atoms with Crippen molar-refractivity contribution in [3.05, 3.63) is 35.4 Å². The fourth-order valence-electron chi connectivity index (χ4n) is 3.36. The highest BCUT2D eigenvalue weighted by atomic mass is 35.5. The van der Waals surface area contributed by atoms with Crippen molar-refractivity contribution in [2.75, 3.05) is 19.6 Å². The Morgan fingerprint density at radius 2 is 2.04 bits per heavy atom. The van der Waals surface area contributed by atoms with E-state index < -0.39 is 0 Å². The molecule has 3 rings (SSSR count). The molecule has 0 spiro atoms. The summed E-state index contributed by atoms with van der Waals surface area (Å²) in [5.41, 5.74) is 2.23. The first-order chi connectivity index (χ1) is 11.2. The molecule has 2 amide bonds. The highest BCUT2D eigenvalue weighted by molar-refractivity contribution is 5.85. The Morgan fingerprint density at radius 3 is 2.71 bits per heavy atom. The minimum Gasteiger partial charge on any atom is -0.352 e. The van der Waals surface area contributed by atoms with Crippen LogP contribution < -0.4 is 10.6 Å². The molecule has 1 aromatic rings. The van der Waals surface area contributed by atoms with Crippen molar-refractivity contribution in [2.45, 2.75) is 38.8 Å². The van der Waals surface area contributed by atoms with Gasteiger partial charge in [-0.25, -0.2) is 0 Å². The van der Waals surface area contributed by atoms with Crippen LogP contribution in [0.4, 0.5) is 0 Å². The molecule has 132 valence electrons. The maximum Gasteiger partial charge on any atom is 0.224 e. The number of halogens is 1. The van der Waals surface area contributed by atoms with Gasteiger partial charge < -0.3 is 15.5 Å². The van der Waals surface area contributed by atoms with E-state index in [1.807, 2.05) is 23.1 Å². The van der Waals surface area contributed by atoms with E-state index in [0.717, 1.165) is 50.0 Å². The van der Waals surface area contributed by atoms with Crippen LogP contribution in [0.1, 0.15) is 36.8 Å². The van der Waals surface area contributed by atoms with Crippen LogP contribution in [0.5, 0.6) is 0 Å². The van der Waals surface area contributed by atoms with Crippen LogP contribution in [0, 0.1) is 5.92 Å². The summed E-state index contributed by atoms with van der Waals surface area (Å²) in [5, 5.41) is 6.34. The summed E-state index contributed by atoms with van der Waals surface area (Å²) in [5.74, 6) is 0.442. The largest absolute Gasteiger partial charge is 0.352 e. The van der Waals surface area contributed by atoms with E-state index in [0.29, 0.717) is 19.5 Å². The molecular weight excluding hydrogens is 326 g/mol. The molecule has 2 fully saturated rings. The van der Waals surface area contributed by atoms with Crippen LogP contribution in [0.2, 0.25) is 0 Å². The molecule has 0 aromatic heterocycles. The van der Waals surface area contributed by atoms with E-state index in [2.05, 4.69) is 16.7 Å². The number of carbonyl (C=O) groups excluding carboxylic acids is 2. The topological polar surface area (TPSA) is 61.4 Å². The zero-order valence-electron chi connectivity index (χ0n) is 13.9. The number of hydrogen-bond donors (Lipinski definition) is 2. The molecule has 0 saturated carbocycles. The molecule has 2 aliphatic heterocycles. The van der Waals surface area contributed by atoms with Gasteiger partial charge in [0.2, 0.25) is 11.8 Å². The molecule has 0 radical (unpaired) electrons. The summed E-state index contributed by atoms with van der Waals surface area (Å²) in [6.45, 7) is 3.81. The molecule has 24 heavy (non-hydrogen) atoms. The van der Waals surface area contributed by atoms with E-state index in [1.165, 1.54) is 0 Å². The molecule has 2 aliphatic rings. The predicted molar refractivity (Wildman–Crippen MR) is 95.8 cm³/mol. The van der Waals surface area contributed by atoms with Crippen LogP contribution >= 0.6 is 12.4 Å². The Bertz CT molecular complexity index is 573. The van der Waals surface area contributed by atoms with Crippen molar-refractivity contribution < 1.29 is 9.59 Å². The number of nitrogens with zero attached hydrogens (tertiary/aromatic N) is 1. The summed E-state index contributed by atoms with van der Waals surface area (Å²) in [7, 11) is 0. The normalized spacial score (nSPS) is 20.6. The first kappa shape index (κ1) is 18.7. The van der Waals surface area contributed by atoms with Gasteiger partial charge >= 0.3 is 0 Å². The lowest BCUT2D eigenvalue weighted by Gasteiger charge is -2.22. The average molecular weight is 352 g/mol. The lowest BCUT2D eigenvalue weighted by Crippen LogP contribution is -2.40. The minimum absolute atomic E-state index is 0. The monoisotopic (exact) mass is 351 g/mol. The molecule has 2 heterocycles. The third-order valence-electron chi connectivity index (χ3n) is 4.77. The van der Waals surface area contributed by atoms with E-state index >= 15 is 0 Å². The maximum absolute atomic E-state index is 12.3. The third kappa shape index (κ3) is 4.71. The summed E-state index contributed by atoms with van der Waals surface area (Å²) in [6.07, 6.45) is 3.63. The Hall–Kier alpha value is -1.59. The number of likely N-dealkylation sites (tertiary alicyclic amines) is 1. The van der Waals surface area contributed by atoms with E-state index in [4.69, 9.17) is 0 Å². The molecule has 0 bridgehead atoms. The third-order valence-corrected chi connectivity index (χ3v) is 4.77. The van der Waals surface area contributed by atoms with Gasteiger partial charge in [0.15, 0.2) is 0 Å². The summed E-state index contributed by atoms with van der Waals surface area (Å²) < 4.78 is 0. The zero-order chi connectivity index (χ0) is 16.1. The van der Waals surface area contributed by atoms with Gasteiger partial charge in [-0.2, -0.15) is 0 Å². The van der Waals surface area contributed by atoms with Crippen LogP contribution in [-0.4, -0.2) is 36.3 Å². The lowest BCUT2D eigenvalue weighted by atomic mass is 9.98. The summed E-state index contributed by atoms with van der Waals surface area (Å²) in [4.78, 5) is 26.0. The second kappa shape index (κ2) is 9.04. The number of hydrogen-bond acceptors (Lipinski definition) is 3. The summed E-state index contributed by atoms with van der Waals surface area (Å²) in [6, 6.07) is 8.07. The first-order valence-electron chi connectivity index (χ1n) is 8.57. The molecule has 1 atom stereocenters. The SMILES string of the molecule is Cl.O=C(NCc1ccccc1CN1CCCC1=O)C1CCCNC1. The van der Waals surface area contributed by atoms with Crippen LogP contribution in [-0.2, 0) is 22.7 Å². The number of benzene rings is 1. The van der Waals surface area contributed by atoms with Crippen molar-refractivity contribution in [1.82, 2.24) is 15.5 Å². The molecule has 2 N–H and O–H groups in total. The molecular formula is C18H26ClN3O2. The number of carbonyl (C=O) groups is 2. The first-order valence-corrected chi connectivity index (χ1v) is 8.57. The smallest absolute Gasteiger partial charge is 0.224 e. The highest BCUT2D eigenvalue weighted by Crippen LogP contribution is 2.17. The molecule has 0 aliphatic carbocycles.